The van der Waals surface area contributed by atoms with Gasteiger partial charge in [-0.2, -0.15) is 5.26 Å². The summed E-state index contributed by atoms with van der Waals surface area (Å²) in [7, 11) is 0. The van der Waals surface area contributed by atoms with E-state index >= 15 is 0 Å². The van der Waals surface area contributed by atoms with E-state index < -0.39 is 0 Å². The van der Waals surface area contributed by atoms with Crippen molar-refractivity contribution in [3.05, 3.63) is 0 Å². The van der Waals surface area contributed by atoms with Gasteiger partial charge in [-0.05, 0) is 12.8 Å². The van der Waals surface area contributed by atoms with E-state index in [1.54, 1.807) is 0 Å². The lowest BCUT2D eigenvalue weighted by atomic mass is 10.1. The highest BCUT2D eigenvalue weighted by atomic mass is 16.1. The smallest absolute Gasteiger partial charge is 0.198 e. The van der Waals surface area contributed by atoms with Crippen LogP contribution in [0.2, 0.25) is 0 Å². The lowest BCUT2D eigenvalue weighted by Crippen LogP contribution is -1.82. The second-order valence-electron chi connectivity index (χ2n) is 3.63. The zero-order valence-electron chi connectivity index (χ0n) is 8.93. The second-order valence-corrected chi connectivity index (χ2v) is 3.63. The van der Waals surface area contributed by atoms with Gasteiger partial charge in [0.25, 0.3) is 0 Å². The summed E-state index contributed by atoms with van der Waals surface area (Å²) in [4.78, 5) is 9.89. The van der Waals surface area contributed by atoms with Crippen molar-refractivity contribution in [2.45, 2.75) is 64.2 Å². The zero-order valence-corrected chi connectivity index (χ0v) is 8.93. The van der Waals surface area contributed by atoms with Crippen molar-refractivity contribution in [3.63, 3.8) is 0 Å². The molecule has 0 aliphatic heterocycles. The Labute approximate surface area is 87.3 Å². The molecule has 14 heavy (non-hydrogen) atoms. The molecule has 0 spiro atoms. The van der Waals surface area contributed by atoms with Gasteiger partial charge < -0.3 is 0 Å². The summed E-state index contributed by atoms with van der Waals surface area (Å²) >= 11 is 0. The number of carbonyl (C=O) groups excluding carboxylic acids is 1. The third-order valence-corrected chi connectivity index (χ3v) is 2.32. The maximum atomic E-state index is 9.89. The average molecular weight is 194 g/mol. The van der Waals surface area contributed by atoms with Gasteiger partial charge in [0.1, 0.15) is 0 Å². The van der Waals surface area contributed by atoms with Crippen LogP contribution in [0, 0.1) is 11.3 Å². The van der Waals surface area contributed by atoms with Crippen LogP contribution in [0.25, 0.3) is 0 Å². The Kier molecular flexibility index (Phi) is 11.4. The highest BCUT2D eigenvalue weighted by molar-refractivity contribution is 5.50. The lowest BCUT2D eigenvalue weighted by Gasteiger charge is -1.99. The van der Waals surface area contributed by atoms with Crippen LogP contribution in [0.1, 0.15) is 64.2 Å². The van der Waals surface area contributed by atoms with Gasteiger partial charge in [-0.25, -0.2) is 0 Å². The summed E-state index contributed by atoms with van der Waals surface area (Å²) in [5.41, 5.74) is 0. The van der Waals surface area contributed by atoms with Gasteiger partial charge in [-0.3, -0.25) is 4.79 Å². The first-order chi connectivity index (χ1) is 6.91. The van der Waals surface area contributed by atoms with Crippen LogP contribution in [0.3, 0.4) is 0 Å². The number of hydrogen-bond acceptors (Lipinski definition) is 2. The van der Waals surface area contributed by atoms with Crippen LogP contribution in [0.4, 0.5) is 0 Å². The summed E-state index contributed by atoms with van der Waals surface area (Å²) in [6, 6.07) is 2.16. The fourth-order valence-electron chi connectivity index (χ4n) is 1.46. The summed E-state index contributed by atoms with van der Waals surface area (Å²) in [6.07, 6.45) is 12.6. The molecule has 0 atom stereocenters. The maximum absolute atomic E-state index is 9.89. The monoisotopic (exact) mass is 194 g/mol. The fraction of sp³-hybridized carbons (Fsp3) is 0.833. The van der Waals surface area contributed by atoms with E-state index in [9.17, 15) is 4.79 Å². The standard InChI is InChI=1S/C12H20NO/c13-11-9-7-5-3-1-2-4-6-8-10-12-14/h1-10H2. The van der Waals surface area contributed by atoms with Gasteiger partial charge >= 0.3 is 0 Å². The van der Waals surface area contributed by atoms with E-state index in [1.807, 2.05) is 6.29 Å². The maximum Gasteiger partial charge on any atom is 0.198 e. The Bertz CT molecular complexity index is 160. The third kappa shape index (κ3) is 11.2. The van der Waals surface area contributed by atoms with Crippen LogP contribution >= 0.6 is 0 Å². The molecule has 0 N–H and O–H groups in total. The Morgan fingerprint density at radius 1 is 0.714 bits per heavy atom. The molecule has 0 aromatic heterocycles. The minimum Gasteiger partial charge on any atom is -0.291 e. The molecular formula is C12H20NO. The average Bonchev–Trinajstić information content (AvgIpc) is 2.21. The molecular weight excluding hydrogens is 174 g/mol. The Morgan fingerprint density at radius 3 is 1.57 bits per heavy atom. The van der Waals surface area contributed by atoms with Gasteiger partial charge in [-0.1, -0.05) is 38.5 Å². The number of unbranched alkanes of at least 4 members (excludes halogenated alkanes) is 9. The minimum absolute atomic E-state index is 0.599. The van der Waals surface area contributed by atoms with Crippen LogP contribution in [0.5, 0.6) is 0 Å². The molecule has 0 aromatic rings. The molecule has 1 radical (unpaired) electrons. The van der Waals surface area contributed by atoms with Gasteiger partial charge in [0.15, 0.2) is 6.29 Å². The van der Waals surface area contributed by atoms with E-state index in [4.69, 9.17) is 5.26 Å². The van der Waals surface area contributed by atoms with Crippen molar-refractivity contribution in [3.8, 4) is 6.07 Å². The molecule has 2 nitrogen and oxygen atoms in total. The topological polar surface area (TPSA) is 40.9 Å². The lowest BCUT2D eigenvalue weighted by molar-refractivity contribution is 0.538. The molecule has 0 saturated carbocycles. The van der Waals surface area contributed by atoms with Crippen molar-refractivity contribution in [1.82, 2.24) is 0 Å². The third-order valence-electron chi connectivity index (χ3n) is 2.32. The first-order valence-electron chi connectivity index (χ1n) is 5.63. The molecule has 0 aromatic carbocycles. The van der Waals surface area contributed by atoms with Gasteiger partial charge in [0, 0.05) is 12.8 Å². The molecule has 0 heterocycles. The second kappa shape index (κ2) is 12.2. The highest BCUT2D eigenvalue weighted by Gasteiger charge is 1.92. The van der Waals surface area contributed by atoms with Crippen molar-refractivity contribution in [2.75, 3.05) is 0 Å². The molecule has 79 valence electrons. The molecule has 0 saturated heterocycles. The summed E-state index contributed by atoms with van der Waals surface area (Å²) in [5.74, 6) is 0. The fourth-order valence-corrected chi connectivity index (χ4v) is 1.46. The van der Waals surface area contributed by atoms with Crippen molar-refractivity contribution in [2.24, 2.45) is 0 Å². The summed E-state index contributed by atoms with van der Waals surface area (Å²) in [5, 5.41) is 8.31. The number of nitriles is 1. The number of hydrogen-bond donors (Lipinski definition) is 0. The molecule has 2 heteroatoms. The normalized spacial score (nSPS) is 9.64. The van der Waals surface area contributed by atoms with E-state index in [0.29, 0.717) is 12.8 Å². The Balaban J connectivity index is 2.85. The molecule has 0 bridgehead atoms. The van der Waals surface area contributed by atoms with Gasteiger partial charge in [0.05, 0.1) is 6.07 Å². The highest BCUT2D eigenvalue weighted by Crippen LogP contribution is 2.09. The van der Waals surface area contributed by atoms with Crippen LogP contribution in [0.15, 0.2) is 0 Å². The molecule has 0 fully saturated rings. The Hall–Kier alpha value is -0.840. The molecule has 0 rings (SSSR count). The van der Waals surface area contributed by atoms with E-state index in [0.717, 1.165) is 19.3 Å². The molecule has 0 unspecified atom stereocenters. The summed E-state index contributed by atoms with van der Waals surface area (Å²) in [6.45, 7) is 0. The molecule has 0 aliphatic carbocycles. The van der Waals surface area contributed by atoms with Crippen LogP contribution in [-0.2, 0) is 4.79 Å². The van der Waals surface area contributed by atoms with Crippen LogP contribution in [-0.4, -0.2) is 6.29 Å². The predicted molar refractivity (Wildman–Crippen MR) is 57.5 cm³/mol. The first kappa shape index (κ1) is 13.2. The van der Waals surface area contributed by atoms with Gasteiger partial charge in [-0.15, -0.1) is 0 Å². The van der Waals surface area contributed by atoms with Gasteiger partial charge in [0.2, 0.25) is 0 Å². The first-order valence-corrected chi connectivity index (χ1v) is 5.63. The van der Waals surface area contributed by atoms with Crippen LogP contribution < -0.4 is 0 Å². The Morgan fingerprint density at radius 2 is 1.14 bits per heavy atom. The minimum atomic E-state index is 0.599. The molecule has 0 amide bonds. The van der Waals surface area contributed by atoms with E-state index in [1.165, 1.54) is 32.1 Å². The van der Waals surface area contributed by atoms with Crippen molar-refractivity contribution >= 4 is 6.29 Å². The van der Waals surface area contributed by atoms with E-state index in [2.05, 4.69) is 6.07 Å². The molecule has 0 aliphatic rings. The zero-order chi connectivity index (χ0) is 10.5. The SMILES string of the molecule is N#CCCCCCCCCCC[C]=O. The predicted octanol–water partition coefficient (Wildman–Crippen LogP) is 3.52. The van der Waals surface area contributed by atoms with E-state index in [-0.39, 0.29) is 0 Å². The summed E-state index contributed by atoms with van der Waals surface area (Å²) < 4.78 is 0. The number of nitrogens with zero attached hydrogens (tertiary/aromatic N) is 1. The van der Waals surface area contributed by atoms with Crippen molar-refractivity contribution < 1.29 is 4.79 Å². The van der Waals surface area contributed by atoms with Crippen molar-refractivity contribution in [1.29, 1.82) is 5.26 Å². The number of rotatable bonds is 10. The largest absolute Gasteiger partial charge is 0.291 e. The quantitative estimate of drug-likeness (QED) is 0.499.